The number of non-ortho nitro benzene ring substituents is 1. The van der Waals surface area contributed by atoms with Crippen LogP contribution in [0.1, 0.15) is 5.56 Å². The van der Waals surface area contributed by atoms with Crippen LogP contribution in [0.3, 0.4) is 0 Å². The lowest BCUT2D eigenvalue weighted by Gasteiger charge is -2.32. The first-order chi connectivity index (χ1) is 14.1. The Morgan fingerprint density at radius 3 is 2.66 bits per heavy atom. The molecule has 1 saturated heterocycles. The number of rotatable bonds is 6. The lowest BCUT2D eigenvalue weighted by atomic mass is 10.1. The zero-order valence-corrected chi connectivity index (χ0v) is 17.0. The first kappa shape index (κ1) is 19.4. The largest absolute Gasteiger partial charge is 0.497 e. The summed E-state index contributed by atoms with van der Waals surface area (Å²) in [6.45, 7) is 4.83. The van der Waals surface area contributed by atoms with E-state index >= 15 is 0 Å². The molecule has 1 fully saturated rings. The molecule has 0 amide bonds. The monoisotopic (exact) mass is 411 g/mol. The van der Waals surface area contributed by atoms with E-state index in [-0.39, 0.29) is 10.6 Å². The molecule has 29 heavy (non-hydrogen) atoms. The minimum atomic E-state index is -0.358. The zero-order valence-electron chi connectivity index (χ0n) is 16.2. The van der Waals surface area contributed by atoms with Crippen LogP contribution < -0.4 is 14.5 Å². The molecular formula is C21H23N4O3S+. The first-order valence-corrected chi connectivity index (χ1v) is 10.4. The summed E-state index contributed by atoms with van der Waals surface area (Å²) in [5.41, 5.74) is 3.32. The van der Waals surface area contributed by atoms with Crippen molar-refractivity contribution >= 4 is 22.2 Å². The second kappa shape index (κ2) is 8.59. The van der Waals surface area contributed by atoms with Gasteiger partial charge in [0.2, 0.25) is 0 Å². The van der Waals surface area contributed by atoms with E-state index in [1.165, 1.54) is 4.90 Å². The normalized spacial score (nSPS) is 14.7. The third-order valence-corrected chi connectivity index (χ3v) is 6.10. The Hall–Kier alpha value is -2.97. The number of nitro groups is 1. The molecule has 1 aliphatic rings. The summed E-state index contributed by atoms with van der Waals surface area (Å²) in [4.78, 5) is 19.1. The van der Waals surface area contributed by atoms with Crippen LogP contribution in [0.2, 0.25) is 0 Å². The van der Waals surface area contributed by atoms with E-state index in [4.69, 9.17) is 9.72 Å². The fraction of sp³-hybridized carbons (Fsp3) is 0.286. The van der Waals surface area contributed by atoms with Crippen LogP contribution in [0, 0.1) is 10.1 Å². The van der Waals surface area contributed by atoms with Crippen LogP contribution in [0.5, 0.6) is 5.75 Å². The lowest BCUT2D eigenvalue weighted by Crippen LogP contribution is -3.13. The van der Waals surface area contributed by atoms with Gasteiger partial charge in [-0.25, -0.2) is 4.98 Å². The van der Waals surface area contributed by atoms with Gasteiger partial charge in [0.25, 0.3) is 5.69 Å². The van der Waals surface area contributed by atoms with E-state index in [1.807, 2.05) is 36.4 Å². The van der Waals surface area contributed by atoms with Gasteiger partial charge < -0.3 is 14.5 Å². The fourth-order valence-electron chi connectivity index (χ4n) is 3.54. The lowest BCUT2D eigenvalue weighted by molar-refractivity contribution is -0.914. The molecule has 0 atom stereocenters. The van der Waals surface area contributed by atoms with Crippen molar-refractivity contribution in [1.29, 1.82) is 0 Å². The van der Waals surface area contributed by atoms with E-state index in [0.717, 1.165) is 60.4 Å². The molecule has 2 aromatic carbocycles. The van der Waals surface area contributed by atoms with Crippen molar-refractivity contribution in [3.63, 3.8) is 0 Å². The van der Waals surface area contributed by atoms with Crippen molar-refractivity contribution in [2.45, 2.75) is 6.54 Å². The molecule has 0 radical (unpaired) electrons. The highest BCUT2D eigenvalue weighted by atomic mass is 32.1. The van der Waals surface area contributed by atoms with Crippen molar-refractivity contribution in [3.8, 4) is 17.0 Å². The van der Waals surface area contributed by atoms with E-state index in [1.54, 1.807) is 30.6 Å². The van der Waals surface area contributed by atoms with Gasteiger partial charge >= 0.3 is 0 Å². The number of hydrogen-bond donors (Lipinski definition) is 1. The molecular weight excluding hydrogens is 388 g/mol. The Bertz CT molecular complexity index is 982. The Labute approximate surface area is 173 Å². The van der Waals surface area contributed by atoms with Crippen LogP contribution in [0.15, 0.2) is 53.9 Å². The number of nitrogens with zero attached hydrogens (tertiary/aromatic N) is 3. The maximum atomic E-state index is 10.8. The smallest absolute Gasteiger partial charge is 0.269 e. The van der Waals surface area contributed by atoms with Gasteiger partial charge in [0.15, 0.2) is 5.13 Å². The molecule has 1 aliphatic heterocycles. The van der Waals surface area contributed by atoms with Gasteiger partial charge in [-0.3, -0.25) is 10.1 Å². The summed E-state index contributed by atoms with van der Waals surface area (Å²) >= 11 is 1.67. The molecule has 0 bridgehead atoms. The quantitative estimate of drug-likeness (QED) is 0.499. The van der Waals surface area contributed by atoms with Crippen molar-refractivity contribution in [2.75, 3.05) is 38.2 Å². The average Bonchev–Trinajstić information content (AvgIpc) is 3.25. The summed E-state index contributed by atoms with van der Waals surface area (Å²) < 4.78 is 5.31. The molecule has 0 spiro atoms. The average molecular weight is 412 g/mol. The molecule has 3 aromatic rings. The van der Waals surface area contributed by atoms with Crippen LogP contribution in [0.25, 0.3) is 11.3 Å². The number of thiazole rings is 1. The number of aromatic nitrogens is 1. The number of quaternary nitrogens is 1. The number of methoxy groups -OCH3 is 1. The van der Waals surface area contributed by atoms with Gasteiger partial charge in [0.1, 0.15) is 12.3 Å². The predicted molar refractivity (Wildman–Crippen MR) is 114 cm³/mol. The number of anilines is 1. The highest BCUT2D eigenvalue weighted by molar-refractivity contribution is 7.14. The van der Waals surface area contributed by atoms with Crippen LogP contribution >= 0.6 is 11.3 Å². The molecule has 1 N–H and O–H groups in total. The Morgan fingerprint density at radius 1 is 1.21 bits per heavy atom. The number of hydrogen-bond acceptors (Lipinski definition) is 6. The summed E-state index contributed by atoms with van der Waals surface area (Å²) in [6.07, 6.45) is 0. The molecule has 8 heteroatoms. The summed E-state index contributed by atoms with van der Waals surface area (Å²) in [5, 5.41) is 13.9. The number of nitrogens with one attached hydrogen (secondary N) is 1. The van der Waals surface area contributed by atoms with Crippen molar-refractivity contribution < 1.29 is 14.6 Å². The van der Waals surface area contributed by atoms with Gasteiger partial charge in [-0.1, -0.05) is 12.1 Å². The zero-order chi connectivity index (χ0) is 20.2. The molecule has 7 nitrogen and oxygen atoms in total. The second-order valence-corrected chi connectivity index (χ2v) is 7.92. The summed E-state index contributed by atoms with van der Waals surface area (Å²) in [5.74, 6) is 0.834. The van der Waals surface area contributed by atoms with Gasteiger partial charge in [-0.15, -0.1) is 11.3 Å². The minimum absolute atomic E-state index is 0.143. The van der Waals surface area contributed by atoms with Crippen molar-refractivity contribution in [3.05, 3.63) is 69.6 Å². The fourth-order valence-corrected chi connectivity index (χ4v) is 4.43. The number of benzene rings is 2. The maximum absolute atomic E-state index is 10.8. The highest BCUT2D eigenvalue weighted by Gasteiger charge is 2.22. The maximum Gasteiger partial charge on any atom is 0.269 e. The third-order valence-electron chi connectivity index (χ3n) is 5.20. The van der Waals surface area contributed by atoms with Crippen LogP contribution in [0.4, 0.5) is 10.8 Å². The van der Waals surface area contributed by atoms with Gasteiger partial charge in [0.05, 0.1) is 43.9 Å². The molecule has 0 aliphatic carbocycles. The molecule has 2 heterocycles. The third kappa shape index (κ3) is 4.55. The molecule has 4 rings (SSSR count). The molecule has 0 saturated carbocycles. The summed E-state index contributed by atoms with van der Waals surface area (Å²) in [7, 11) is 1.67. The number of nitro benzene ring substituents is 1. The molecule has 1 aromatic heterocycles. The van der Waals surface area contributed by atoms with Crippen molar-refractivity contribution in [2.24, 2.45) is 0 Å². The second-order valence-electron chi connectivity index (χ2n) is 7.08. The van der Waals surface area contributed by atoms with Gasteiger partial charge in [-0.05, 0) is 24.3 Å². The van der Waals surface area contributed by atoms with Crippen molar-refractivity contribution in [1.82, 2.24) is 4.98 Å². The molecule has 150 valence electrons. The topological polar surface area (TPSA) is 72.9 Å². The number of ether oxygens (including phenoxy) is 1. The van der Waals surface area contributed by atoms with E-state index in [2.05, 4.69) is 10.3 Å². The first-order valence-electron chi connectivity index (χ1n) is 9.54. The van der Waals surface area contributed by atoms with E-state index < -0.39 is 0 Å². The predicted octanol–water partition coefficient (Wildman–Crippen LogP) is 2.63. The van der Waals surface area contributed by atoms with Crippen LogP contribution in [-0.4, -0.2) is 43.2 Å². The number of piperazine rings is 1. The highest BCUT2D eigenvalue weighted by Crippen LogP contribution is 2.29. The van der Waals surface area contributed by atoms with E-state index in [0.29, 0.717) is 0 Å². The SMILES string of the molecule is COc1cccc(-c2csc(N3CC[NH+](Cc4ccc([N+](=O)[O-])cc4)CC3)n2)c1. The molecule has 0 unspecified atom stereocenters. The summed E-state index contributed by atoms with van der Waals surface area (Å²) in [6, 6.07) is 14.9. The van der Waals surface area contributed by atoms with E-state index in [9.17, 15) is 10.1 Å². The Kier molecular flexibility index (Phi) is 5.73. The Morgan fingerprint density at radius 2 is 1.97 bits per heavy atom. The van der Waals surface area contributed by atoms with Gasteiger partial charge in [0, 0.05) is 28.6 Å². The van der Waals surface area contributed by atoms with Crippen LogP contribution in [-0.2, 0) is 6.54 Å². The Balaban J connectivity index is 1.35. The minimum Gasteiger partial charge on any atom is -0.497 e. The van der Waals surface area contributed by atoms with Gasteiger partial charge in [-0.2, -0.15) is 0 Å². The standard InChI is InChI=1S/C21H22N4O3S/c1-28-19-4-2-3-17(13-19)20-15-29-21(22-20)24-11-9-23(10-12-24)14-16-5-7-18(8-6-16)25(26)27/h2-8,13,15H,9-12,14H2,1H3/p+1.